The second kappa shape index (κ2) is 21.0. The summed E-state index contributed by atoms with van der Waals surface area (Å²) in [7, 11) is 0. The highest BCUT2D eigenvalue weighted by atomic mass is 16.2. The van der Waals surface area contributed by atoms with Gasteiger partial charge in [0.2, 0.25) is 5.95 Å². The van der Waals surface area contributed by atoms with Crippen LogP contribution >= 0.6 is 0 Å². The van der Waals surface area contributed by atoms with Crippen molar-refractivity contribution in [3.8, 4) is 0 Å². The van der Waals surface area contributed by atoms with Gasteiger partial charge in [0.25, 0.3) is 16.7 Å². The molecule has 0 atom stereocenters. The summed E-state index contributed by atoms with van der Waals surface area (Å²) in [6.07, 6.45) is 9.50. The van der Waals surface area contributed by atoms with E-state index in [0.29, 0.717) is 34.1 Å². The molecule has 9 N–H and O–H groups in total. The minimum atomic E-state index is -0.355. The molecule has 0 saturated carbocycles. The Labute approximate surface area is 348 Å². The molecule has 61 heavy (non-hydrogen) atoms. The number of nitrogens with two attached hydrogens (primary N) is 3. The fraction of sp³-hybridized carbons (Fsp3) is 0.421. The molecule has 0 radical (unpaired) electrons. The Morgan fingerprint density at radius 2 is 1.07 bits per heavy atom. The molecule has 7 heterocycles. The second-order valence-electron chi connectivity index (χ2n) is 14.9. The summed E-state index contributed by atoms with van der Waals surface area (Å²) in [4.78, 5) is 96.7. The van der Waals surface area contributed by atoms with E-state index >= 15 is 0 Å². The van der Waals surface area contributed by atoms with Gasteiger partial charge in [0.05, 0.1) is 12.7 Å². The van der Waals surface area contributed by atoms with Crippen molar-refractivity contribution in [2.24, 2.45) is 0 Å². The molecule has 7 aromatic rings. The highest BCUT2D eigenvalue weighted by molar-refractivity contribution is 5.81. The van der Waals surface area contributed by atoms with E-state index in [4.69, 9.17) is 17.2 Å². The lowest BCUT2D eigenvalue weighted by Crippen LogP contribution is -2.31. The first-order valence-electron chi connectivity index (χ1n) is 19.2. The molecule has 7 aromatic heterocycles. The van der Waals surface area contributed by atoms with Crippen molar-refractivity contribution in [3.05, 3.63) is 118 Å². The smallest absolute Gasteiger partial charge is 0.349 e. The second-order valence-corrected chi connectivity index (χ2v) is 14.9. The summed E-state index contributed by atoms with van der Waals surface area (Å²) >= 11 is 0. The van der Waals surface area contributed by atoms with Crippen LogP contribution in [0.15, 0.2) is 78.5 Å². The maximum atomic E-state index is 11.4. The maximum absolute atomic E-state index is 11.4. The highest BCUT2D eigenvalue weighted by Gasteiger charge is 2.11. The maximum Gasteiger partial charge on any atom is 0.349 e. The Morgan fingerprint density at radius 3 is 1.61 bits per heavy atom. The van der Waals surface area contributed by atoms with Gasteiger partial charge in [-0.25, -0.2) is 34.3 Å². The number of nitrogen functional groups attached to an aromatic ring is 3. The third-order valence-electron chi connectivity index (χ3n) is 8.47. The summed E-state index contributed by atoms with van der Waals surface area (Å²) < 4.78 is 8.25. The van der Waals surface area contributed by atoms with Gasteiger partial charge in [0.1, 0.15) is 17.7 Å². The third-order valence-corrected chi connectivity index (χ3v) is 8.47. The normalized spacial score (nSPS) is 10.9. The van der Waals surface area contributed by atoms with Crippen LogP contribution in [-0.4, -0.2) is 67.7 Å². The fourth-order valence-electron chi connectivity index (χ4n) is 5.19. The lowest BCUT2D eigenvalue weighted by molar-refractivity contribution is 0.558. The Kier molecular flexibility index (Phi) is 16.5. The molecule has 23 nitrogen and oxygen atoms in total. The van der Waals surface area contributed by atoms with Crippen LogP contribution in [0, 0.1) is 6.92 Å². The van der Waals surface area contributed by atoms with Crippen LogP contribution < -0.4 is 50.9 Å². The van der Waals surface area contributed by atoms with E-state index in [1.807, 2.05) is 60.0 Å². The zero-order chi connectivity index (χ0) is 45.9. The SMILES string of the molecule is CC(C)n1ccc(=O)[nH]c1=O.CC(C)n1ccc(N)nc1=O.CC(C)n1cnc2c(=O)[nH]c(N)nc21.CC(C)n1cnc2c(N)ncnc21.Cc1cn(C(C)C)c(=O)[nH]c1=O. The summed E-state index contributed by atoms with van der Waals surface area (Å²) in [5.41, 5.74) is 17.3. The Balaban J connectivity index is 0.000000204. The largest absolute Gasteiger partial charge is 0.383 e. The van der Waals surface area contributed by atoms with Crippen LogP contribution in [0.5, 0.6) is 0 Å². The van der Waals surface area contributed by atoms with Crippen LogP contribution in [0.4, 0.5) is 17.6 Å². The van der Waals surface area contributed by atoms with Crippen molar-refractivity contribution in [1.29, 1.82) is 0 Å². The van der Waals surface area contributed by atoms with Crippen LogP contribution in [0.3, 0.4) is 0 Å². The zero-order valence-electron chi connectivity index (χ0n) is 36.1. The molecular formula is C38H55N17O6. The third kappa shape index (κ3) is 12.8. The zero-order valence-corrected chi connectivity index (χ0v) is 36.1. The van der Waals surface area contributed by atoms with Gasteiger partial charge in [0, 0.05) is 60.4 Å². The number of anilines is 3. The molecule has 0 spiro atoms. The minimum Gasteiger partial charge on any atom is -0.383 e. The number of imidazole rings is 2. The minimum absolute atomic E-state index is 0.0769. The van der Waals surface area contributed by atoms with Crippen molar-refractivity contribution >= 4 is 39.9 Å². The van der Waals surface area contributed by atoms with E-state index in [-0.39, 0.29) is 69.7 Å². The number of hydrogen-bond acceptors (Lipinski definition) is 15. The molecular weight excluding hydrogens is 791 g/mol. The molecule has 0 aromatic carbocycles. The van der Waals surface area contributed by atoms with Crippen LogP contribution in [0.2, 0.25) is 0 Å². The quantitative estimate of drug-likeness (QED) is 0.145. The van der Waals surface area contributed by atoms with E-state index < -0.39 is 0 Å². The van der Waals surface area contributed by atoms with Crippen molar-refractivity contribution in [2.75, 3.05) is 17.2 Å². The van der Waals surface area contributed by atoms with E-state index in [2.05, 4.69) is 58.7 Å². The number of aromatic nitrogens is 14. The van der Waals surface area contributed by atoms with Crippen molar-refractivity contribution in [2.45, 2.75) is 106 Å². The first-order valence-corrected chi connectivity index (χ1v) is 19.2. The molecule has 0 amide bonds. The van der Waals surface area contributed by atoms with E-state index in [9.17, 15) is 28.8 Å². The van der Waals surface area contributed by atoms with Gasteiger partial charge in [-0.1, -0.05) is 0 Å². The average Bonchev–Trinajstić information content (AvgIpc) is 3.80. The van der Waals surface area contributed by atoms with Crippen molar-refractivity contribution in [1.82, 2.24) is 67.7 Å². The number of aryl methyl sites for hydroxylation is 1. The molecule has 0 aliphatic rings. The molecule has 0 bridgehead atoms. The standard InChI is InChI=1S/C8H11N5O.C8H11N5.C8H12N2O2.C7H11N3O.C7H10N2O2/c1-4(2)13-3-10-5-6(13)11-8(9)12-7(5)14;1-5(2)13-4-12-6-7(9)10-3-11-8(6)13;1-5(2)10-4-6(3)7(11)9-8(10)12;1-5(2)10-4-3-6(8)9-7(10)11;1-5(2)9-4-3-6(10)8-7(9)11/h3-4H,1-2H3,(H3,9,11,12,14);3-5H,1-2H3,(H2,9,10,11);4-5H,1-3H3,(H,9,11,12);3-5H,1-2H3,(H2,8,9,11);3-5H,1-2H3,(H,8,10,11). The van der Waals surface area contributed by atoms with Gasteiger partial charge in [-0.05, 0) is 82.2 Å². The van der Waals surface area contributed by atoms with Crippen LogP contribution in [0.1, 0.15) is 105 Å². The first-order chi connectivity index (χ1) is 28.5. The van der Waals surface area contributed by atoms with Crippen molar-refractivity contribution in [3.63, 3.8) is 0 Å². The number of nitrogens with zero attached hydrogens (tertiary/aromatic N) is 11. The van der Waals surface area contributed by atoms with Gasteiger partial charge in [-0.3, -0.25) is 43.0 Å². The summed E-state index contributed by atoms with van der Waals surface area (Å²) in [5.74, 6) is 0.821. The Morgan fingerprint density at radius 1 is 0.541 bits per heavy atom. The fourth-order valence-corrected chi connectivity index (χ4v) is 5.19. The molecule has 328 valence electrons. The van der Waals surface area contributed by atoms with Crippen LogP contribution in [0.25, 0.3) is 22.3 Å². The van der Waals surface area contributed by atoms with Gasteiger partial charge >= 0.3 is 17.1 Å². The molecule has 0 saturated heterocycles. The van der Waals surface area contributed by atoms with Gasteiger partial charge in [-0.15, -0.1) is 0 Å². The highest BCUT2D eigenvalue weighted by Crippen LogP contribution is 2.17. The van der Waals surface area contributed by atoms with Crippen LogP contribution in [-0.2, 0) is 0 Å². The predicted octanol–water partition coefficient (Wildman–Crippen LogP) is 2.22. The average molecular weight is 846 g/mol. The molecule has 0 aliphatic heterocycles. The number of nitrogens with one attached hydrogen (secondary N) is 3. The Hall–Kier alpha value is -7.46. The molecule has 7 rings (SSSR count). The molecule has 0 aliphatic carbocycles. The van der Waals surface area contributed by atoms with Gasteiger partial charge in [0.15, 0.2) is 22.6 Å². The first kappa shape index (κ1) is 47.9. The molecule has 0 unspecified atom stereocenters. The van der Waals surface area contributed by atoms with Crippen molar-refractivity contribution < 1.29 is 0 Å². The lowest BCUT2D eigenvalue weighted by Gasteiger charge is -2.08. The van der Waals surface area contributed by atoms with Gasteiger partial charge < -0.3 is 26.3 Å². The Bertz CT molecular complexity index is 2910. The lowest BCUT2D eigenvalue weighted by atomic mass is 10.3. The summed E-state index contributed by atoms with van der Waals surface area (Å²) in [6.45, 7) is 21.1. The summed E-state index contributed by atoms with van der Waals surface area (Å²) in [6, 6.07) is 3.78. The number of rotatable bonds is 5. The summed E-state index contributed by atoms with van der Waals surface area (Å²) in [5, 5.41) is 0. The van der Waals surface area contributed by atoms with E-state index in [0.717, 1.165) is 5.65 Å². The number of H-pyrrole nitrogens is 3. The monoisotopic (exact) mass is 845 g/mol. The predicted molar refractivity (Wildman–Crippen MR) is 235 cm³/mol. The number of hydrogen-bond donors (Lipinski definition) is 6. The van der Waals surface area contributed by atoms with Gasteiger partial charge in [-0.2, -0.15) is 9.97 Å². The molecule has 23 heteroatoms. The number of aromatic amines is 3. The van der Waals surface area contributed by atoms with E-state index in [1.165, 1.54) is 32.3 Å². The topological polar surface area (TPSA) is 330 Å². The van der Waals surface area contributed by atoms with E-state index in [1.54, 1.807) is 42.6 Å². The molecule has 0 fully saturated rings. The number of fused-ring (bicyclic) bond motifs is 2.